The van der Waals surface area contributed by atoms with Crippen molar-refractivity contribution in [1.82, 2.24) is 9.66 Å². The molecule has 186 valence electrons. The Labute approximate surface area is 220 Å². The normalized spacial score (nSPS) is 11.9. The highest BCUT2D eigenvalue weighted by atomic mass is 79.9. The molecule has 0 amide bonds. The topological polar surface area (TPSA) is 65.7 Å². The lowest BCUT2D eigenvalue weighted by Gasteiger charge is -2.14. The van der Waals surface area contributed by atoms with Gasteiger partial charge in [0.05, 0.1) is 40.9 Å². The van der Waals surface area contributed by atoms with E-state index in [4.69, 9.17) is 9.47 Å². The van der Waals surface area contributed by atoms with Crippen LogP contribution in [0.25, 0.3) is 22.3 Å². The van der Waals surface area contributed by atoms with E-state index in [2.05, 4.69) is 41.9 Å². The number of alkyl halides is 3. The highest BCUT2D eigenvalue weighted by Gasteiger charge is 2.31. The first-order valence-electron chi connectivity index (χ1n) is 10.6. The Morgan fingerprint density at radius 3 is 2.53 bits per heavy atom. The molecule has 36 heavy (non-hydrogen) atoms. The van der Waals surface area contributed by atoms with Gasteiger partial charge in [0.15, 0.2) is 17.3 Å². The molecule has 0 aliphatic heterocycles. The molecule has 6 nitrogen and oxygen atoms in total. The monoisotopic (exact) mass is 623 g/mol. The minimum atomic E-state index is -4.56. The molecule has 0 bridgehead atoms. The van der Waals surface area contributed by atoms with Gasteiger partial charge in [-0.25, -0.2) is 4.98 Å². The molecule has 0 saturated carbocycles. The summed E-state index contributed by atoms with van der Waals surface area (Å²) in [6.45, 7) is 2.25. The first kappa shape index (κ1) is 25.9. The number of hydrogen-bond donors (Lipinski definition) is 0. The molecule has 0 radical (unpaired) electrons. The molecule has 3 aromatic carbocycles. The predicted molar refractivity (Wildman–Crippen MR) is 139 cm³/mol. The second kappa shape index (κ2) is 10.4. The van der Waals surface area contributed by atoms with Crippen molar-refractivity contribution in [3.05, 3.63) is 85.0 Å². The maximum absolute atomic E-state index is 13.4. The van der Waals surface area contributed by atoms with E-state index < -0.39 is 17.3 Å². The van der Waals surface area contributed by atoms with Gasteiger partial charge < -0.3 is 9.47 Å². The van der Waals surface area contributed by atoms with Crippen molar-refractivity contribution in [2.24, 2.45) is 5.10 Å². The van der Waals surface area contributed by atoms with E-state index >= 15 is 0 Å². The Morgan fingerprint density at radius 1 is 1.08 bits per heavy atom. The average Bonchev–Trinajstić information content (AvgIpc) is 2.87. The van der Waals surface area contributed by atoms with Crippen LogP contribution in [0.15, 0.2) is 73.4 Å². The summed E-state index contributed by atoms with van der Waals surface area (Å²) >= 11 is 6.96. The lowest BCUT2D eigenvalue weighted by atomic mass is 10.1. The molecule has 0 N–H and O–H groups in total. The minimum absolute atomic E-state index is 0.0332. The van der Waals surface area contributed by atoms with Crippen LogP contribution >= 0.6 is 31.9 Å². The Bertz CT molecular complexity index is 1540. The third-order valence-corrected chi connectivity index (χ3v) is 7.32. The van der Waals surface area contributed by atoms with Gasteiger partial charge in [-0.2, -0.15) is 22.9 Å². The Hall–Kier alpha value is -3.18. The van der Waals surface area contributed by atoms with Crippen LogP contribution in [0.4, 0.5) is 13.2 Å². The van der Waals surface area contributed by atoms with Crippen LogP contribution in [0.3, 0.4) is 0 Å². The van der Waals surface area contributed by atoms with Gasteiger partial charge in [0, 0.05) is 15.6 Å². The number of fused-ring (bicyclic) bond motifs is 1. The molecule has 11 heteroatoms. The van der Waals surface area contributed by atoms with Crippen LogP contribution < -0.4 is 15.0 Å². The van der Waals surface area contributed by atoms with Crippen LogP contribution in [-0.4, -0.2) is 29.6 Å². The SMILES string of the molecule is CCOc1c(OC)cc(C=Nn2c(-c3cccc(C(F)(F)F)c3)nc3ccccc3c2=O)c(Br)c1Br. The van der Waals surface area contributed by atoms with Crippen molar-refractivity contribution in [3.63, 3.8) is 0 Å². The molecule has 0 spiro atoms. The predicted octanol–water partition coefficient (Wildman–Crippen LogP) is 6.90. The number of halogens is 5. The summed E-state index contributed by atoms with van der Waals surface area (Å²) in [6, 6.07) is 12.8. The smallest absolute Gasteiger partial charge is 0.416 e. The quantitative estimate of drug-likeness (QED) is 0.219. The number of methoxy groups -OCH3 is 1. The minimum Gasteiger partial charge on any atom is -0.493 e. The summed E-state index contributed by atoms with van der Waals surface area (Å²) < 4.78 is 53.3. The largest absolute Gasteiger partial charge is 0.493 e. The second-order valence-electron chi connectivity index (χ2n) is 7.45. The standard InChI is InChI=1S/C25H18Br2F3N3O3/c1-3-36-22-19(35-2)12-15(20(26)21(22)27)13-31-33-23(14-7-6-8-16(11-14)25(28,29)30)32-18-10-5-4-9-17(18)24(33)34/h4-13H,3H2,1-2H3. The third kappa shape index (κ3) is 5.03. The molecule has 4 aromatic rings. The lowest BCUT2D eigenvalue weighted by Crippen LogP contribution is -2.20. The second-order valence-corrected chi connectivity index (χ2v) is 9.04. The van der Waals surface area contributed by atoms with Gasteiger partial charge in [0.2, 0.25) is 0 Å². The van der Waals surface area contributed by atoms with Crippen LogP contribution in [0.5, 0.6) is 11.5 Å². The van der Waals surface area contributed by atoms with E-state index in [9.17, 15) is 18.0 Å². The van der Waals surface area contributed by atoms with Crippen LogP contribution in [0.2, 0.25) is 0 Å². The summed E-state index contributed by atoms with van der Waals surface area (Å²) in [6.07, 6.45) is -3.17. The molecule has 0 atom stereocenters. The molecular formula is C25H18Br2F3N3O3. The van der Waals surface area contributed by atoms with Gasteiger partial charge in [-0.1, -0.05) is 24.3 Å². The fraction of sp³-hybridized carbons (Fsp3) is 0.160. The number of aromatic nitrogens is 2. The van der Waals surface area contributed by atoms with Crippen molar-refractivity contribution < 1.29 is 22.6 Å². The molecule has 1 aromatic heterocycles. The Morgan fingerprint density at radius 2 is 1.83 bits per heavy atom. The molecule has 0 aliphatic carbocycles. The third-order valence-electron chi connectivity index (χ3n) is 5.18. The number of ether oxygens (including phenoxy) is 2. The maximum atomic E-state index is 13.4. The number of rotatable bonds is 6. The maximum Gasteiger partial charge on any atom is 0.416 e. The number of nitrogens with zero attached hydrogens (tertiary/aromatic N) is 3. The number of para-hydroxylation sites is 1. The summed E-state index contributed by atoms with van der Waals surface area (Å²) in [5.74, 6) is 0.878. The Kier molecular flexibility index (Phi) is 7.51. The van der Waals surface area contributed by atoms with E-state index in [1.165, 1.54) is 25.5 Å². The highest BCUT2D eigenvalue weighted by Crippen LogP contribution is 2.42. The first-order valence-corrected chi connectivity index (χ1v) is 12.2. The number of hydrogen-bond acceptors (Lipinski definition) is 5. The fourth-order valence-electron chi connectivity index (χ4n) is 3.50. The van der Waals surface area contributed by atoms with E-state index in [1.807, 2.05) is 6.92 Å². The van der Waals surface area contributed by atoms with Crippen LogP contribution in [0, 0.1) is 0 Å². The van der Waals surface area contributed by atoms with Gasteiger partial charge in [0.25, 0.3) is 5.56 Å². The summed E-state index contributed by atoms with van der Waals surface area (Å²) in [7, 11) is 1.49. The van der Waals surface area contributed by atoms with Crippen LogP contribution in [0.1, 0.15) is 18.1 Å². The molecular weight excluding hydrogens is 607 g/mol. The van der Waals surface area contributed by atoms with E-state index in [-0.39, 0.29) is 16.8 Å². The molecule has 0 aliphatic rings. The van der Waals surface area contributed by atoms with E-state index in [1.54, 1.807) is 30.3 Å². The van der Waals surface area contributed by atoms with E-state index in [0.29, 0.717) is 38.1 Å². The van der Waals surface area contributed by atoms with Crippen molar-refractivity contribution in [3.8, 4) is 22.9 Å². The van der Waals surface area contributed by atoms with Gasteiger partial charge in [-0.05, 0) is 69.1 Å². The summed E-state index contributed by atoms with van der Waals surface area (Å²) in [5, 5.41) is 4.61. The zero-order valence-corrected chi connectivity index (χ0v) is 22.1. The highest BCUT2D eigenvalue weighted by molar-refractivity contribution is 9.13. The van der Waals surface area contributed by atoms with Gasteiger partial charge in [0.1, 0.15) is 0 Å². The van der Waals surface area contributed by atoms with Gasteiger partial charge in [-0.3, -0.25) is 4.79 Å². The van der Waals surface area contributed by atoms with Crippen molar-refractivity contribution >= 4 is 49.0 Å². The van der Waals surface area contributed by atoms with Gasteiger partial charge >= 0.3 is 6.18 Å². The molecule has 4 rings (SSSR count). The number of benzene rings is 3. The lowest BCUT2D eigenvalue weighted by molar-refractivity contribution is -0.137. The fourth-order valence-corrected chi connectivity index (χ4v) is 4.44. The first-order chi connectivity index (χ1) is 17.2. The Balaban J connectivity index is 1.93. The van der Waals surface area contributed by atoms with Crippen LogP contribution in [-0.2, 0) is 6.18 Å². The molecule has 0 saturated heterocycles. The zero-order valence-electron chi connectivity index (χ0n) is 18.9. The van der Waals surface area contributed by atoms with Crippen molar-refractivity contribution in [2.45, 2.75) is 13.1 Å². The zero-order chi connectivity index (χ0) is 26.0. The van der Waals surface area contributed by atoms with Crippen molar-refractivity contribution in [2.75, 3.05) is 13.7 Å². The molecule has 0 unspecified atom stereocenters. The van der Waals surface area contributed by atoms with E-state index in [0.717, 1.165) is 16.8 Å². The van der Waals surface area contributed by atoms with Gasteiger partial charge in [-0.15, -0.1) is 0 Å². The summed E-state index contributed by atoms with van der Waals surface area (Å²) in [4.78, 5) is 17.8. The molecule has 1 heterocycles. The summed E-state index contributed by atoms with van der Waals surface area (Å²) in [5.41, 5.74) is -0.433. The molecule has 0 fully saturated rings. The average molecular weight is 625 g/mol. The van der Waals surface area contributed by atoms with Crippen molar-refractivity contribution in [1.29, 1.82) is 0 Å².